The lowest BCUT2D eigenvalue weighted by atomic mass is 10.0. The molecule has 0 bridgehead atoms. The SMILES string of the molecule is CC(=O)Nc1ccc(Cl)cc1C(C)C. The third kappa shape index (κ3) is 2.74. The highest BCUT2D eigenvalue weighted by atomic mass is 35.5. The molecule has 0 aromatic heterocycles. The molecule has 1 amide bonds. The number of hydrogen-bond acceptors (Lipinski definition) is 1. The number of halogens is 1. The van der Waals surface area contributed by atoms with Crippen LogP contribution in [0.3, 0.4) is 0 Å². The van der Waals surface area contributed by atoms with Crippen LogP contribution in [0.5, 0.6) is 0 Å². The fraction of sp³-hybridized carbons (Fsp3) is 0.364. The maximum atomic E-state index is 10.9. The minimum atomic E-state index is -0.0609. The van der Waals surface area contributed by atoms with Gasteiger partial charge in [0.1, 0.15) is 0 Å². The third-order valence-corrected chi connectivity index (χ3v) is 2.18. The largest absolute Gasteiger partial charge is 0.326 e. The van der Waals surface area contributed by atoms with Gasteiger partial charge in [-0.1, -0.05) is 25.4 Å². The Bertz CT molecular complexity index is 347. The Balaban J connectivity index is 3.08. The number of carbonyl (C=O) groups excluding carboxylic acids is 1. The maximum Gasteiger partial charge on any atom is 0.221 e. The lowest BCUT2D eigenvalue weighted by molar-refractivity contribution is -0.114. The number of anilines is 1. The molecule has 0 unspecified atom stereocenters. The Hall–Kier alpha value is -1.02. The molecule has 0 radical (unpaired) electrons. The van der Waals surface area contributed by atoms with Gasteiger partial charge >= 0.3 is 0 Å². The number of hydrogen-bond donors (Lipinski definition) is 1. The second-order valence-electron chi connectivity index (χ2n) is 3.57. The minimum absolute atomic E-state index is 0.0609. The third-order valence-electron chi connectivity index (χ3n) is 1.95. The average molecular weight is 212 g/mol. The number of carbonyl (C=O) groups is 1. The molecule has 0 aliphatic heterocycles. The second-order valence-corrected chi connectivity index (χ2v) is 4.00. The summed E-state index contributed by atoms with van der Waals surface area (Å²) in [5.74, 6) is 0.282. The van der Waals surface area contributed by atoms with E-state index in [2.05, 4.69) is 19.2 Å². The number of nitrogens with one attached hydrogen (secondary N) is 1. The highest BCUT2D eigenvalue weighted by Gasteiger charge is 2.07. The molecule has 0 aliphatic carbocycles. The summed E-state index contributed by atoms with van der Waals surface area (Å²) in [6.45, 7) is 5.63. The molecular weight excluding hydrogens is 198 g/mol. The van der Waals surface area contributed by atoms with E-state index in [1.807, 2.05) is 12.1 Å². The first-order chi connectivity index (χ1) is 6.50. The number of rotatable bonds is 2. The van der Waals surface area contributed by atoms with Crippen molar-refractivity contribution in [3.8, 4) is 0 Å². The Kier molecular flexibility index (Phi) is 3.53. The first-order valence-corrected chi connectivity index (χ1v) is 4.95. The summed E-state index contributed by atoms with van der Waals surface area (Å²) < 4.78 is 0. The molecule has 2 nitrogen and oxygen atoms in total. The van der Waals surface area contributed by atoms with Crippen molar-refractivity contribution in [3.05, 3.63) is 28.8 Å². The topological polar surface area (TPSA) is 29.1 Å². The van der Waals surface area contributed by atoms with Gasteiger partial charge in [-0.15, -0.1) is 0 Å². The molecule has 1 aromatic rings. The van der Waals surface area contributed by atoms with Crippen LogP contribution in [0.1, 0.15) is 32.3 Å². The fourth-order valence-electron chi connectivity index (χ4n) is 1.31. The molecule has 0 saturated carbocycles. The van der Waals surface area contributed by atoms with Crippen molar-refractivity contribution in [3.63, 3.8) is 0 Å². The maximum absolute atomic E-state index is 10.9. The van der Waals surface area contributed by atoms with E-state index in [9.17, 15) is 4.79 Å². The molecule has 0 atom stereocenters. The van der Waals surface area contributed by atoms with Crippen molar-refractivity contribution in [2.75, 3.05) is 5.32 Å². The molecule has 1 rings (SSSR count). The van der Waals surface area contributed by atoms with Gasteiger partial charge in [0.05, 0.1) is 0 Å². The van der Waals surface area contributed by atoms with Gasteiger partial charge in [0.2, 0.25) is 5.91 Å². The Labute approximate surface area is 89.3 Å². The predicted octanol–water partition coefficient (Wildman–Crippen LogP) is 3.42. The van der Waals surface area contributed by atoms with Crippen LogP contribution in [-0.2, 0) is 4.79 Å². The smallest absolute Gasteiger partial charge is 0.221 e. The van der Waals surface area contributed by atoms with Gasteiger partial charge in [0, 0.05) is 17.6 Å². The zero-order chi connectivity index (χ0) is 10.7. The normalized spacial score (nSPS) is 10.4. The van der Waals surface area contributed by atoms with E-state index in [4.69, 9.17) is 11.6 Å². The molecule has 0 saturated heterocycles. The second kappa shape index (κ2) is 4.47. The van der Waals surface area contributed by atoms with E-state index in [-0.39, 0.29) is 5.91 Å². The van der Waals surface area contributed by atoms with E-state index < -0.39 is 0 Å². The first-order valence-electron chi connectivity index (χ1n) is 4.57. The zero-order valence-corrected chi connectivity index (χ0v) is 9.35. The van der Waals surface area contributed by atoms with E-state index in [1.54, 1.807) is 6.07 Å². The van der Waals surface area contributed by atoms with Crippen molar-refractivity contribution >= 4 is 23.2 Å². The van der Waals surface area contributed by atoms with Crippen LogP contribution in [0.15, 0.2) is 18.2 Å². The lowest BCUT2D eigenvalue weighted by Gasteiger charge is -2.13. The van der Waals surface area contributed by atoms with Crippen LogP contribution in [0.25, 0.3) is 0 Å². The standard InChI is InChI=1S/C11H14ClNO/c1-7(2)10-6-9(12)4-5-11(10)13-8(3)14/h4-7H,1-3H3,(H,13,14). The van der Waals surface area contributed by atoms with Gasteiger partial charge in [-0.05, 0) is 29.7 Å². The summed E-state index contributed by atoms with van der Waals surface area (Å²) in [5.41, 5.74) is 1.91. The molecular formula is C11H14ClNO. The van der Waals surface area contributed by atoms with E-state index in [0.717, 1.165) is 11.3 Å². The molecule has 0 aliphatic rings. The summed E-state index contributed by atoms with van der Waals surface area (Å²) in [4.78, 5) is 10.9. The zero-order valence-electron chi connectivity index (χ0n) is 8.60. The van der Waals surface area contributed by atoms with Gasteiger partial charge in [0.15, 0.2) is 0 Å². The molecule has 3 heteroatoms. The Morgan fingerprint density at radius 3 is 2.57 bits per heavy atom. The van der Waals surface area contributed by atoms with Gasteiger partial charge in [-0.3, -0.25) is 4.79 Å². The van der Waals surface area contributed by atoms with Crippen molar-refractivity contribution in [2.24, 2.45) is 0 Å². The lowest BCUT2D eigenvalue weighted by Crippen LogP contribution is -2.08. The van der Waals surface area contributed by atoms with Gasteiger partial charge in [0.25, 0.3) is 0 Å². The van der Waals surface area contributed by atoms with Crippen LogP contribution in [0.2, 0.25) is 5.02 Å². The first kappa shape index (κ1) is 11.1. The van der Waals surface area contributed by atoms with E-state index in [1.165, 1.54) is 6.92 Å². The summed E-state index contributed by atoms with van der Waals surface area (Å²) in [7, 11) is 0. The predicted molar refractivity (Wildman–Crippen MR) is 59.8 cm³/mol. The number of benzene rings is 1. The minimum Gasteiger partial charge on any atom is -0.326 e. The monoisotopic (exact) mass is 211 g/mol. The highest BCUT2D eigenvalue weighted by Crippen LogP contribution is 2.27. The van der Waals surface area contributed by atoms with Crippen LogP contribution in [0, 0.1) is 0 Å². The molecule has 0 heterocycles. The molecule has 76 valence electrons. The van der Waals surface area contributed by atoms with Crippen LogP contribution in [-0.4, -0.2) is 5.91 Å². The summed E-state index contributed by atoms with van der Waals surface area (Å²) in [6, 6.07) is 5.50. The van der Waals surface area contributed by atoms with Crippen molar-refractivity contribution < 1.29 is 4.79 Å². The Morgan fingerprint density at radius 1 is 1.43 bits per heavy atom. The summed E-state index contributed by atoms with van der Waals surface area (Å²) >= 11 is 5.88. The quantitative estimate of drug-likeness (QED) is 0.798. The summed E-state index contributed by atoms with van der Waals surface area (Å²) in [5, 5.41) is 3.48. The van der Waals surface area contributed by atoms with Gasteiger partial charge < -0.3 is 5.32 Å². The van der Waals surface area contributed by atoms with Crippen LogP contribution in [0.4, 0.5) is 5.69 Å². The van der Waals surface area contributed by atoms with Crippen molar-refractivity contribution in [1.82, 2.24) is 0 Å². The fourth-order valence-corrected chi connectivity index (χ4v) is 1.50. The van der Waals surface area contributed by atoms with Gasteiger partial charge in [-0.2, -0.15) is 0 Å². The van der Waals surface area contributed by atoms with Gasteiger partial charge in [-0.25, -0.2) is 0 Å². The van der Waals surface area contributed by atoms with E-state index in [0.29, 0.717) is 10.9 Å². The molecule has 1 N–H and O–H groups in total. The van der Waals surface area contributed by atoms with Crippen molar-refractivity contribution in [2.45, 2.75) is 26.7 Å². The molecule has 0 fully saturated rings. The average Bonchev–Trinajstić information content (AvgIpc) is 2.07. The Morgan fingerprint density at radius 2 is 2.07 bits per heavy atom. The molecule has 14 heavy (non-hydrogen) atoms. The molecule has 1 aromatic carbocycles. The van der Waals surface area contributed by atoms with Crippen LogP contribution >= 0.6 is 11.6 Å². The number of amides is 1. The van der Waals surface area contributed by atoms with Crippen LogP contribution < -0.4 is 5.32 Å². The van der Waals surface area contributed by atoms with E-state index >= 15 is 0 Å². The molecule has 0 spiro atoms. The van der Waals surface area contributed by atoms with Crippen molar-refractivity contribution in [1.29, 1.82) is 0 Å². The summed E-state index contributed by atoms with van der Waals surface area (Å²) in [6.07, 6.45) is 0. The highest BCUT2D eigenvalue weighted by molar-refractivity contribution is 6.30.